The molecule has 0 fully saturated rings. The van der Waals surface area contributed by atoms with E-state index in [2.05, 4.69) is 10.3 Å². The van der Waals surface area contributed by atoms with Gasteiger partial charge in [-0.2, -0.15) is 0 Å². The molecule has 3 rings (SSSR count). The zero-order chi connectivity index (χ0) is 21.0. The molecule has 0 aliphatic rings. The van der Waals surface area contributed by atoms with Gasteiger partial charge in [0, 0.05) is 22.9 Å². The number of esters is 1. The van der Waals surface area contributed by atoms with Crippen LogP contribution in [0.4, 0.5) is 5.13 Å². The third-order valence-electron chi connectivity index (χ3n) is 4.02. The molecule has 0 bridgehead atoms. The first-order valence-electron chi connectivity index (χ1n) is 8.97. The highest BCUT2D eigenvalue weighted by Gasteiger charge is 2.18. The molecule has 0 spiro atoms. The number of nitrogens with one attached hydrogen (secondary N) is 1. The number of benzene rings is 1. The van der Waals surface area contributed by atoms with Crippen LogP contribution in [0.15, 0.2) is 38.9 Å². The van der Waals surface area contributed by atoms with Gasteiger partial charge in [0.05, 0.1) is 18.7 Å². The Morgan fingerprint density at radius 3 is 2.86 bits per heavy atom. The molecule has 1 atom stereocenters. The molecule has 0 radical (unpaired) electrons. The molecule has 152 valence electrons. The molecule has 2 aromatic heterocycles. The van der Waals surface area contributed by atoms with Gasteiger partial charge < -0.3 is 13.9 Å². The Morgan fingerprint density at radius 1 is 1.31 bits per heavy atom. The third kappa shape index (κ3) is 5.20. The quantitative estimate of drug-likeness (QED) is 0.466. The Balaban J connectivity index is 1.63. The van der Waals surface area contributed by atoms with Gasteiger partial charge in [0.2, 0.25) is 0 Å². The third-order valence-corrected chi connectivity index (χ3v) is 4.82. The summed E-state index contributed by atoms with van der Waals surface area (Å²) in [6.45, 7) is 5.45. The van der Waals surface area contributed by atoms with Gasteiger partial charge >= 0.3 is 11.6 Å². The lowest BCUT2D eigenvalue weighted by molar-refractivity contribution is -0.142. The van der Waals surface area contributed by atoms with Crippen molar-refractivity contribution in [3.8, 4) is 5.75 Å². The minimum Gasteiger partial charge on any atom is -0.481 e. The van der Waals surface area contributed by atoms with E-state index < -0.39 is 17.6 Å². The van der Waals surface area contributed by atoms with E-state index >= 15 is 0 Å². The molecule has 0 saturated heterocycles. The van der Waals surface area contributed by atoms with Gasteiger partial charge in [-0.1, -0.05) is 0 Å². The maximum Gasteiger partial charge on any atom is 0.336 e. The Kier molecular flexibility index (Phi) is 6.28. The number of nitrogens with zero attached hydrogens (tertiary/aromatic N) is 1. The van der Waals surface area contributed by atoms with E-state index in [0.717, 1.165) is 10.9 Å². The predicted octanol–water partition coefficient (Wildman–Crippen LogP) is 3.07. The first-order valence-corrected chi connectivity index (χ1v) is 9.85. The zero-order valence-corrected chi connectivity index (χ0v) is 17.0. The fourth-order valence-electron chi connectivity index (χ4n) is 2.65. The molecule has 8 nitrogen and oxygen atoms in total. The Hall–Kier alpha value is -3.20. The van der Waals surface area contributed by atoms with Crippen molar-refractivity contribution in [1.82, 2.24) is 4.98 Å². The van der Waals surface area contributed by atoms with E-state index in [1.165, 1.54) is 17.4 Å². The molecule has 29 heavy (non-hydrogen) atoms. The number of carbonyl (C=O) groups excluding carboxylic acids is 2. The average Bonchev–Trinajstić information content (AvgIpc) is 3.08. The number of carbonyl (C=O) groups is 2. The molecule has 1 aromatic carbocycles. The van der Waals surface area contributed by atoms with Crippen molar-refractivity contribution in [1.29, 1.82) is 0 Å². The molecule has 0 saturated carbocycles. The van der Waals surface area contributed by atoms with E-state index in [9.17, 15) is 14.4 Å². The monoisotopic (exact) mass is 416 g/mol. The van der Waals surface area contributed by atoms with Crippen molar-refractivity contribution in [2.45, 2.75) is 33.3 Å². The number of anilines is 1. The summed E-state index contributed by atoms with van der Waals surface area (Å²) in [5, 5.41) is 5.51. The second-order valence-corrected chi connectivity index (χ2v) is 7.14. The number of aromatic nitrogens is 1. The van der Waals surface area contributed by atoms with Crippen LogP contribution in [0.2, 0.25) is 0 Å². The minimum atomic E-state index is -0.818. The van der Waals surface area contributed by atoms with Crippen molar-refractivity contribution in [2.24, 2.45) is 0 Å². The fourth-order valence-corrected chi connectivity index (χ4v) is 3.36. The van der Waals surface area contributed by atoms with E-state index in [4.69, 9.17) is 13.9 Å². The summed E-state index contributed by atoms with van der Waals surface area (Å²) in [7, 11) is 0. The summed E-state index contributed by atoms with van der Waals surface area (Å²) < 4.78 is 15.7. The molecular weight excluding hydrogens is 396 g/mol. The number of ether oxygens (including phenoxy) is 2. The van der Waals surface area contributed by atoms with Crippen LogP contribution in [0.5, 0.6) is 5.75 Å². The average molecular weight is 416 g/mol. The largest absolute Gasteiger partial charge is 0.481 e. The van der Waals surface area contributed by atoms with E-state index in [1.54, 1.807) is 37.4 Å². The smallest absolute Gasteiger partial charge is 0.336 e. The number of fused-ring (bicyclic) bond motifs is 1. The lowest BCUT2D eigenvalue weighted by atomic mass is 10.1. The second kappa shape index (κ2) is 8.87. The fraction of sp³-hybridized carbons (Fsp3) is 0.300. The standard InChI is InChI=1S/C20H20N2O6S/c1-4-26-17(23)8-13-10-29-20(21-13)22-19(25)12(3)27-14-5-6-15-11(2)7-18(24)28-16(15)9-14/h5-7,9-10,12H,4,8H2,1-3H3,(H,21,22,25)/t12-/m1/s1. The van der Waals surface area contributed by atoms with Crippen molar-refractivity contribution >= 4 is 39.3 Å². The summed E-state index contributed by atoms with van der Waals surface area (Å²) in [5.41, 5.74) is 1.28. The van der Waals surface area contributed by atoms with Crippen LogP contribution in [0.25, 0.3) is 11.0 Å². The lowest BCUT2D eigenvalue weighted by Gasteiger charge is -2.14. The van der Waals surface area contributed by atoms with Crippen molar-refractivity contribution in [2.75, 3.05) is 11.9 Å². The van der Waals surface area contributed by atoms with Crippen LogP contribution in [0.3, 0.4) is 0 Å². The van der Waals surface area contributed by atoms with Crippen molar-refractivity contribution in [3.05, 3.63) is 51.3 Å². The molecule has 0 unspecified atom stereocenters. The first-order chi connectivity index (χ1) is 13.9. The van der Waals surface area contributed by atoms with Gasteiger partial charge in [0.1, 0.15) is 11.3 Å². The van der Waals surface area contributed by atoms with Gasteiger partial charge in [-0.25, -0.2) is 9.78 Å². The maximum absolute atomic E-state index is 12.4. The second-order valence-electron chi connectivity index (χ2n) is 6.28. The van der Waals surface area contributed by atoms with Gasteiger partial charge in [-0.15, -0.1) is 11.3 Å². The van der Waals surface area contributed by atoms with Crippen LogP contribution >= 0.6 is 11.3 Å². The highest BCUT2D eigenvalue weighted by molar-refractivity contribution is 7.13. The van der Waals surface area contributed by atoms with Gasteiger partial charge in [0.15, 0.2) is 11.2 Å². The Labute approximate surface area is 170 Å². The van der Waals surface area contributed by atoms with Crippen molar-refractivity contribution in [3.63, 3.8) is 0 Å². The van der Waals surface area contributed by atoms with Gasteiger partial charge in [0.25, 0.3) is 5.91 Å². The summed E-state index contributed by atoms with van der Waals surface area (Å²) in [6.07, 6.45) is -0.769. The van der Waals surface area contributed by atoms with E-state index in [1.807, 2.05) is 6.92 Å². The maximum atomic E-state index is 12.4. The van der Waals surface area contributed by atoms with Gasteiger partial charge in [-0.3, -0.25) is 14.9 Å². The number of aryl methyl sites for hydroxylation is 1. The SMILES string of the molecule is CCOC(=O)Cc1csc(NC(=O)[C@@H](C)Oc2ccc3c(C)cc(=O)oc3c2)n1. The Bertz CT molecular complexity index is 1100. The lowest BCUT2D eigenvalue weighted by Crippen LogP contribution is -2.30. The first kappa shape index (κ1) is 20.5. The number of hydrogen-bond donors (Lipinski definition) is 1. The van der Waals surface area contributed by atoms with E-state index in [-0.39, 0.29) is 12.4 Å². The summed E-state index contributed by atoms with van der Waals surface area (Å²) in [6, 6.07) is 6.48. The highest BCUT2D eigenvalue weighted by atomic mass is 32.1. The van der Waals surface area contributed by atoms with E-state index in [0.29, 0.717) is 28.8 Å². The van der Waals surface area contributed by atoms with Crippen LogP contribution in [-0.2, 0) is 20.7 Å². The Morgan fingerprint density at radius 2 is 2.10 bits per heavy atom. The number of thiazole rings is 1. The van der Waals surface area contributed by atoms with Crippen LogP contribution in [0, 0.1) is 6.92 Å². The number of rotatable bonds is 7. The molecule has 3 aromatic rings. The summed E-state index contributed by atoms with van der Waals surface area (Å²) in [4.78, 5) is 39.6. The van der Waals surface area contributed by atoms with Crippen LogP contribution in [-0.4, -0.2) is 29.6 Å². The van der Waals surface area contributed by atoms with Crippen LogP contribution in [0.1, 0.15) is 25.1 Å². The number of amides is 1. The molecule has 9 heteroatoms. The molecular formula is C20H20N2O6S. The highest BCUT2D eigenvalue weighted by Crippen LogP contribution is 2.23. The molecule has 0 aliphatic heterocycles. The predicted molar refractivity (Wildman–Crippen MR) is 108 cm³/mol. The topological polar surface area (TPSA) is 108 Å². The molecule has 1 N–H and O–H groups in total. The van der Waals surface area contributed by atoms with Gasteiger partial charge in [-0.05, 0) is 38.5 Å². The summed E-state index contributed by atoms with van der Waals surface area (Å²) >= 11 is 1.21. The number of hydrogen-bond acceptors (Lipinski definition) is 8. The van der Waals surface area contributed by atoms with Crippen molar-refractivity contribution < 1.29 is 23.5 Å². The molecule has 1 amide bonds. The normalized spacial score (nSPS) is 11.8. The minimum absolute atomic E-state index is 0.0496. The summed E-state index contributed by atoms with van der Waals surface area (Å²) in [5.74, 6) is -0.366. The molecule has 2 heterocycles. The zero-order valence-electron chi connectivity index (χ0n) is 16.2. The molecule has 0 aliphatic carbocycles. The van der Waals surface area contributed by atoms with Crippen LogP contribution < -0.4 is 15.7 Å².